The molecule has 7 heteroatoms. The number of hydrogen-bond donors (Lipinski definition) is 3. The van der Waals surface area contributed by atoms with Crippen molar-refractivity contribution < 1.29 is 28.1 Å². The number of nitrogens with two attached hydrogens (primary N) is 1. The number of halogens is 3. The van der Waals surface area contributed by atoms with Crippen LogP contribution in [-0.4, -0.2) is 30.0 Å². The zero-order valence-corrected chi connectivity index (χ0v) is 10.3. The first-order valence-electron chi connectivity index (χ1n) is 5.62. The number of hydrogen-bond acceptors (Lipinski definition) is 4. The summed E-state index contributed by atoms with van der Waals surface area (Å²) in [6, 6.07) is 2.98. The summed E-state index contributed by atoms with van der Waals surface area (Å²) in [4.78, 5) is 0. The fourth-order valence-corrected chi connectivity index (χ4v) is 1.68. The number of alkyl halides is 3. The number of methoxy groups -OCH3 is 1. The summed E-state index contributed by atoms with van der Waals surface area (Å²) in [6.45, 7) is 0.163. The van der Waals surface area contributed by atoms with Crippen LogP contribution in [0, 0.1) is 0 Å². The third kappa shape index (κ3) is 3.82. The second-order valence-electron chi connectivity index (χ2n) is 4.05. The molecule has 0 aliphatic carbocycles. The van der Waals surface area contributed by atoms with E-state index in [0.29, 0.717) is 0 Å². The van der Waals surface area contributed by atoms with Gasteiger partial charge in [0, 0.05) is 0 Å². The zero-order chi connectivity index (χ0) is 14.6. The maximum atomic E-state index is 12.6. The molecule has 0 amide bonds. The van der Waals surface area contributed by atoms with Crippen LogP contribution >= 0.6 is 0 Å². The van der Waals surface area contributed by atoms with E-state index in [1.807, 2.05) is 0 Å². The average Bonchev–Trinajstić information content (AvgIpc) is 2.36. The third-order valence-electron chi connectivity index (χ3n) is 2.70. The van der Waals surface area contributed by atoms with Gasteiger partial charge in [-0.05, 0) is 30.7 Å². The third-order valence-corrected chi connectivity index (χ3v) is 2.70. The van der Waals surface area contributed by atoms with Gasteiger partial charge >= 0.3 is 6.18 Å². The molecule has 4 nitrogen and oxygen atoms in total. The van der Waals surface area contributed by atoms with Gasteiger partial charge in [0.25, 0.3) is 0 Å². The largest absolute Gasteiger partial charge is 0.496 e. The molecule has 0 heterocycles. The molecular weight excluding hydrogens is 263 g/mol. The zero-order valence-electron chi connectivity index (χ0n) is 10.3. The van der Waals surface area contributed by atoms with Gasteiger partial charge in [-0.15, -0.1) is 0 Å². The monoisotopic (exact) mass is 279 g/mol. The fraction of sp³-hybridized carbons (Fsp3) is 0.500. The molecule has 0 bridgehead atoms. The van der Waals surface area contributed by atoms with Crippen molar-refractivity contribution >= 4 is 0 Å². The number of benzene rings is 1. The Morgan fingerprint density at radius 1 is 1.32 bits per heavy atom. The van der Waals surface area contributed by atoms with Crippen LogP contribution in [0.5, 0.6) is 5.75 Å². The summed E-state index contributed by atoms with van der Waals surface area (Å²) >= 11 is 0. The van der Waals surface area contributed by atoms with E-state index in [1.54, 1.807) is 0 Å². The number of aliphatic hydroxyl groups excluding tert-OH is 2. The Kier molecular flexibility index (Phi) is 5.16. The molecule has 4 N–H and O–H groups in total. The van der Waals surface area contributed by atoms with Crippen molar-refractivity contribution in [1.82, 2.24) is 0 Å². The van der Waals surface area contributed by atoms with E-state index in [-0.39, 0.29) is 18.5 Å². The van der Waals surface area contributed by atoms with Crippen LogP contribution in [-0.2, 0) is 6.18 Å². The maximum Gasteiger partial charge on any atom is 0.419 e. The summed E-state index contributed by atoms with van der Waals surface area (Å²) in [5, 5.41) is 19.4. The predicted molar refractivity (Wildman–Crippen MR) is 62.6 cm³/mol. The summed E-state index contributed by atoms with van der Waals surface area (Å²) in [6.07, 6.45) is -6.83. The highest BCUT2D eigenvalue weighted by Crippen LogP contribution is 2.37. The van der Waals surface area contributed by atoms with E-state index in [9.17, 15) is 23.4 Å². The van der Waals surface area contributed by atoms with Crippen LogP contribution in [0.3, 0.4) is 0 Å². The van der Waals surface area contributed by atoms with E-state index in [0.717, 1.165) is 25.3 Å². The van der Waals surface area contributed by atoms with Gasteiger partial charge in [-0.25, -0.2) is 0 Å². The second kappa shape index (κ2) is 6.23. The lowest BCUT2D eigenvalue weighted by Crippen LogP contribution is -2.22. The molecule has 0 spiro atoms. The molecule has 0 fully saturated rings. The van der Waals surface area contributed by atoms with Crippen molar-refractivity contribution in [2.75, 3.05) is 13.7 Å². The minimum Gasteiger partial charge on any atom is -0.496 e. The van der Waals surface area contributed by atoms with E-state index in [2.05, 4.69) is 4.74 Å². The summed E-state index contributed by atoms with van der Waals surface area (Å²) in [7, 11) is 1.11. The second-order valence-corrected chi connectivity index (χ2v) is 4.05. The molecule has 0 saturated heterocycles. The van der Waals surface area contributed by atoms with Crippen LogP contribution in [0.1, 0.15) is 23.7 Å². The van der Waals surface area contributed by atoms with Crippen molar-refractivity contribution in [3.05, 3.63) is 29.3 Å². The van der Waals surface area contributed by atoms with Crippen LogP contribution in [0.2, 0.25) is 0 Å². The Hall–Kier alpha value is -1.31. The minimum atomic E-state index is -4.54. The minimum absolute atomic E-state index is 0.143. The van der Waals surface area contributed by atoms with Gasteiger partial charge in [-0.3, -0.25) is 0 Å². The lowest BCUT2D eigenvalue weighted by Gasteiger charge is -2.19. The molecular formula is C12H16F3NO3. The smallest absolute Gasteiger partial charge is 0.419 e. The highest BCUT2D eigenvalue weighted by molar-refractivity contribution is 5.40. The van der Waals surface area contributed by atoms with Crippen LogP contribution in [0.25, 0.3) is 0 Å². The molecule has 1 aromatic rings. The Morgan fingerprint density at radius 3 is 2.42 bits per heavy atom. The summed E-state index contributed by atoms with van der Waals surface area (Å²) in [5.74, 6) is -0.399. The Bertz CT molecular complexity index is 423. The number of aliphatic hydroxyl groups is 2. The first-order chi connectivity index (χ1) is 8.81. The first-order valence-corrected chi connectivity index (χ1v) is 5.62. The Morgan fingerprint density at radius 2 is 1.95 bits per heavy atom. The molecule has 1 aromatic carbocycles. The molecule has 108 valence electrons. The van der Waals surface area contributed by atoms with Crippen LogP contribution < -0.4 is 10.5 Å². The molecule has 19 heavy (non-hydrogen) atoms. The van der Waals surface area contributed by atoms with Crippen LogP contribution in [0.4, 0.5) is 13.2 Å². The standard InChI is InChI=1S/C12H16F3NO3/c1-19-10-6-7(11(18)9(17)4-5-16)2-3-8(10)12(13,14)15/h2-3,6,9,11,17-18H,4-5,16H2,1H3. The normalized spacial score (nSPS) is 15.1. The van der Waals surface area contributed by atoms with Gasteiger partial charge in [-0.2, -0.15) is 13.2 Å². The molecule has 2 atom stereocenters. The van der Waals surface area contributed by atoms with Crippen LogP contribution in [0.15, 0.2) is 18.2 Å². The van der Waals surface area contributed by atoms with Gasteiger partial charge in [0.05, 0.1) is 18.8 Å². The average molecular weight is 279 g/mol. The van der Waals surface area contributed by atoms with Gasteiger partial charge in [-0.1, -0.05) is 6.07 Å². The lowest BCUT2D eigenvalue weighted by molar-refractivity contribution is -0.138. The van der Waals surface area contributed by atoms with Crippen molar-refractivity contribution in [2.45, 2.75) is 24.8 Å². The van der Waals surface area contributed by atoms with E-state index in [4.69, 9.17) is 5.73 Å². The SMILES string of the molecule is COc1cc(C(O)C(O)CCN)ccc1C(F)(F)F. The Labute approximate surface area is 108 Å². The van der Waals surface area contributed by atoms with E-state index in [1.165, 1.54) is 0 Å². The number of ether oxygens (including phenoxy) is 1. The number of rotatable bonds is 5. The van der Waals surface area contributed by atoms with E-state index >= 15 is 0 Å². The van der Waals surface area contributed by atoms with Crippen molar-refractivity contribution in [3.8, 4) is 5.75 Å². The summed E-state index contributed by atoms with van der Waals surface area (Å²) < 4.78 is 42.6. The first kappa shape index (κ1) is 15.7. The molecule has 0 radical (unpaired) electrons. The molecule has 0 aliphatic rings. The van der Waals surface area contributed by atoms with Crippen molar-refractivity contribution in [1.29, 1.82) is 0 Å². The fourth-order valence-electron chi connectivity index (χ4n) is 1.68. The molecule has 0 aliphatic heterocycles. The van der Waals surface area contributed by atoms with Gasteiger partial charge < -0.3 is 20.7 Å². The topological polar surface area (TPSA) is 75.7 Å². The van der Waals surface area contributed by atoms with Gasteiger partial charge in [0.15, 0.2) is 0 Å². The van der Waals surface area contributed by atoms with E-state index < -0.39 is 29.7 Å². The molecule has 2 unspecified atom stereocenters. The van der Waals surface area contributed by atoms with Gasteiger partial charge in [0.1, 0.15) is 11.9 Å². The quantitative estimate of drug-likeness (QED) is 0.762. The summed E-state index contributed by atoms with van der Waals surface area (Å²) in [5.41, 5.74) is 4.45. The highest BCUT2D eigenvalue weighted by Gasteiger charge is 2.34. The predicted octanol–water partition coefficient (Wildman–Crippen LogP) is 1.46. The van der Waals surface area contributed by atoms with Crippen molar-refractivity contribution in [3.63, 3.8) is 0 Å². The van der Waals surface area contributed by atoms with Crippen molar-refractivity contribution in [2.24, 2.45) is 5.73 Å². The van der Waals surface area contributed by atoms with Gasteiger partial charge in [0.2, 0.25) is 0 Å². The highest BCUT2D eigenvalue weighted by atomic mass is 19.4. The molecule has 0 aromatic heterocycles. The maximum absolute atomic E-state index is 12.6. The molecule has 0 saturated carbocycles. The lowest BCUT2D eigenvalue weighted by atomic mass is 10.00. The Balaban J connectivity index is 3.06. The molecule has 1 rings (SSSR count).